The third-order valence-electron chi connectivity index (χ3n) is 3.57. The van der Waals surface area contributed by atoms with Gasteiger partial charge in [0, 0.05) is 12.1 Å². The number of hydrogen-bond acceptors (Lipinski definition) is 1. The molecule has 2 aliphatic heterocycles. The summed E-state index contributed by atoms with van der Waals surface area (Å²) in [5.74, 6) is 3.20. The van der Waals surface area contributed by atoms with Gasteiger partial charge in [-0.15, -0.1) is 13.1 Å². The summed E-state index contributed by atoms with van der Waals surface area (Å²) in [6.07, 6.45) is 1.37. The summed E-state index contributed by atoms with van der Waals surface area (Å²) in [5, 5.41) is 4.52. The zero-order valence-electron chi connectivity index (χ0n) is 13.1. The van der Waals surface area contributed by atoms with E-state index >= 15 is 0 Å². The first-order valence-electron chi connectivity index (χ1n) is 6.95. The van der Waals surface area contributed by atoms with Crippen molar-refractivity contribution in [2.75, 3.05) is 26.2 Å². The molecule has 2 aliphatic rings. The Morgan fingerprint density at radius 1 is 1.06 bits per heavy atom. The number of hydrogen-bond donors (Lipinski definition) is 0. The molecule has 2 fully saturated rings. The smallest absolute Gasteiger partial charge is 0.662 e. The first-order chi connectivity index (χ1) is 7.80. The largest absolute Gasteiger partial charge is 2.00 e. The van der Waals surface area contributed by atoms with Gasteiger partial charge < -0.3 is 11.2 Å². The number of rotatable bonds is 0. The molecule has 0 aliphatic carbocycles. The van der Waals surface area contributed by atoms with Crippen LogP contribution in [0.3, 0.4) is 0 Å². The molecule has 0 aromatic carbocycles. The average Bonchev–Trinajstić information content (AvgIpc) is 2.61. The number of piperidine rings is 1. The van der Waals surface area contributed by atoms with Gasteiger partial charge in [0.15, 0.2) is 0 Å². The third kappa shape index (κ3) is 6.42. The Labute approximate surface area is 138 Å². The van der Waals surface area contributed by atoms with Crippen molar-refractivity contribution in [1.29, 1.82) is 0 Å². The maximum atomic E-state index is 4.52. The molecule has 18 heavy (non-hydrogen) atoms. The molecule has 0 saturated carbocycles. The van der Waals surface area contributed by atoms with E-state index in [9.17, 15) is 0 Å². The first-order valence-corrected chi connectivity index (χ1v) is 6.95. The van der Waals surface area contributed by atoms with E-state index in [1.807, 2.05) is 0 Å². The van der Waals surface area contributed by atoms with Crippen molar-refractivity contribution in [1.82, 2.24) is 4.90 Å². The van der Waals surface area contributed by atoms with E-state index in [0.717, 1.165) is 24.9 Å². The van der Waals surface area contributed by atoms with Crippen molar-refractivity contribution in [3.63, 3.8) is 0 Å². The van der Waals surface area contributed by atoms with Gasteiger partial charge in [0.25, 0.3) is 0 Å². The van der Waals surface area contributed by atoms with Crippen LogP contribution in [-0.4, -0.2) is 36.6 Å². The Morgan fingerprint density at radius 3 is 2.06 bits per heavy atom. The number of fused-ring (bicyclic) bond motifs is 1. The molecule has 0 spiro atoms. The molecule has 0 radical (unpaired) electrons. The van der Waals surface area contributed by atoms with Crippen LogP contribution in [0.1, 0.15) is 48.0 Å². The minimum Gasteiger partial charge on any atom is -0.662 e. The summed E-state index contributed by atoms with van der Waals surface area (Å²) in [4.78, 5) is 2.62. The predicted molar refractivity (Wildman–Crippen MR) is 76.3 cm³/mol. The SMILES string of the molecule is CC(C)(C)N1CCC2C[N-]CC2C1.C[C-](C)C.[U+2]. The average molecular weight is 476 g/mol. The molecule has 2 rings (SSSR count). The van der Waals surface area contributed by atoms with Crippen LogP contribution in [0.15, 0.2) is 0 Å². The van der Waals surface area contributed by atoms with Crippen molar-refractivity contribution < 1.29 is 31.1 Å². The minimum absolute atomic E-state index is 0. The second-order valence-electron chi connectivity index (χ2n) is 7.01. The maximum absolute atomic E-state index is 4.52. The van der Waals surface area contributed by atoms with E-state index in [1.165, 1.54) is 25.4 Å². The molecule has 0 aromatic heterocycles. The molecule has 2 heterocycles. The van der Waals surface area contributed by atoms with Gasteiger partial charge >= 0.3 is 31.1 Å². The van der Waals surface area contributed by atoms with E-state index in [2.05, 4.69) is 51.8 Å². The second-order valence-corrected chi connectivity index (χ2v) is 7.01. The molecule has 0 amide bonds. The van der Waals surface area contributed by atoms with Crippen LogP contribution in [0.2, 0.25) is 0 Å². The standard InChI is InChI=1S/C11H21N2.C4H9.U/c1-11(2,3)13-5-4-9-6-12-7-10(9)8-13;1-4(2)3;/h9-10H,4-8H2,1-3H3;1-3H3;/q2*-1;+2. The molecule has 3 heteroatoms. The van der Waals surface area contributed by atoms with E-state index in [-0.39, 0.29) is 31.1 Å². The molecular formula is C15H30N2U. The summed E-state index contributed by atoms with van der Waals surface area (Å²) in [7, 11) is 0. The molecule has 0 N–H and O–H groups in total. The van der Waals surface area contributed by atoms with Gasteiger partial charge in [-0.1, -0.05) is 5.92 Å². The summed E-state index contributed by atoms with van der Waals surface area (Å²) in [6.45, 7) is 18.0. The Hall–Kier alpha value is 0.972. The fourth-order valence-corrected chi connectivity index (χ4v) is 2.54. The van der Waals surface area contributed by atoms with Gasteiger partial charge in [0.05, 0.1) is 0 Å². The van der Waals surface area contributed by atoms with Crippen molar-refractivity contribution in [2.24, 2.45) is 11.8 Å². The molecule has 2 nitrogen and oxygen atoms in total. The van der Waals surface area contributed by atoms with Crippen molar-refractivity contribution in [2.45, 2.75) is 53.5 Å². The summed E-state index contributed by atoms with van der Waals surface area (Å²) in [5.41, 5.74) is 0.355. The molecule has 2 atom stereocenters. The van der Waals surface area contributed by atoms with Crippen molar-refractivity contribution >= 4 is 0 Å². The van der Waals surface area contributed by atoms with E-state index in [1.54, 1.807) is 0 Å². The zero-order valence-corrected chi connectivity index (χ0v) is 17.2. The van der Waals surface area contributed by atoms with Crippen LogP contribution in [0.4, 0.5) is 0 Å². The predicted octanol–water partition coefficient (Wildman–Crippen LogP) is 3.73. The number of likely N-dealkylation sites (tertiary alicyclic amines) is 1. The summed E-state index contributed by atoms with van der Waals surface area (Å²) >= 11 is 0. The Bertz CT molecular complexity index is 220. The fraction of sp³-hybridized carbons (Fsp3) is 0.933. The van der Waals surface area contributed by atoms with Crippen molar-refractivity contribution in [3.05, 3.63) is 11.2 Å². The topological polar surface area (TPSA) is 17.3 Å². The van der Waals surface area contributed by atoms with Crippen LogP contribution in [0, 0.1) is 48.9 Å². The van der Waals surface area contributed by atoms with Crippen LogP contribution < -0.4 is 0 Å². The van der Waals surface area contributed by atoms with Gasteiger partial charge in [-0.05, 0) is 39.7 Å². The Balaban J connectivity index is 0.000000512. The van der Waals surface area contributed by atoms with Gasteiger partial charge in [-0.2, -0.15) is 20.8 Å². The third-order valence-corrected chi connectivity index (χ3v) is 3.57. The molecule has 0 aromatic rings. The van der Waals surface area contributed by atoms with Crippen LogP contribution in [-0.2, 0) is 0 Å². The van der Waals surface area contributed by atoms with Crippen molar-refractivity contribution in [3.8, 4) is 0 Å². The Kier molecular flexibility index (Phi) is 8.75. The normalized spacial score (nSPS) is 28.2. The molecule has 2 saturated heterocycles. The Morgan fingerprint density at radius 2 is 1.56 bits per heavy atom. The first kappa shape index (κ1) is 19.0. The van der Waals surface area contributed by atoms with E-state index < -0.39 is 0 Å². The quantitative estimate of drug-likeness (QED) is 0.487. The van der Waals surface area contributed by atoms with Gasteiger partial charge in [-0.3, -0.25) is 4.90 Å². The second kappa shape index (κ2) is 8.30. The van der Waals surface area contributed by atoms with Gasteiger partial charge in [0.2, 0.25) is 0 Å². The maximum Gasteiger partial charge on any atom is 2.00 e. The van der Waals surface area contributed by atoms with E-state index in [0.29, 0.717) is 5.54 Å². The fourth-order valence-electron chi connectivity index (χ4n) is 2.54. The summed E-state index contributed by atoms with van der Waals surface area (Å²) < 4.78 is 0. The number of nitrogens with zero attached hydrogens (tertiary/aromatic N) is 2. The molecule has 104 valence electrons. The molecular weight excluding hydrogens is 446 g/mol. The zero-order chi connectivity index (χ0) is 13.1. The van der Waals surface area contributed by atoms with Gasteiger partial charge in [-0.25, -0.2) is 0 Å². The summed E-state index contributed by atoms with van der Waals surface area (Å²) in [6, 6.07) is 0. The van der Waals surface area contributed by atoms with Gasteiger partial charge in [0.1, 0.15) is 0 Å². The monoisotopic (exact) mass is 476 g/mol. The minimum atomic E-state index is 0. The van der Waals surface area contributed by atoms with E-state index in [4.69, 9.17) is 0 Å². The molecule has 2 unspecified atom stereocenters. The molecule has 0 bridgehead atoms. The van der Waals surface area contributed by atoms with Crippen LogP contribution in [0.5, 0.6) is 0 Å². The van der Waals surface area contributed by atoms with Crippen LogP contribution in [0.25, 0.3) is 5.32 Å². The van der Waals surface area contributed by atoms with Crippen LogP contribution >= 0.6 is 0 Å².